The standard InChI is InChI=1S/C41H45N11O3S2/c1-4-33(18-39(53)49-37-8-5-29(20-47-37)35-23-43-11-12-44-35)56-28(3)52-25-27(2)55-32(26-52)17-31-22-46-36(24-45-31)30-6-9-38(48-21-30)50-40(54)19-34-7-10-41(57-34)51-15-13-42-14-16-51/h4-12,20-24,27,32,42H,3,13-19,25-26H2,1-2H3,(H,47,49,53)(H,48,50,54)/b33-4-. The van der Waals surface area contributed by atoms with Gasteiger partial charge in [-0.05, 0) is 55.2 Å². The Balaban J connectivity index is 0.864. The second kappa shape index (κ2) is 19.1. The number of ether oxygens (including phenoxy) is 1. The zero-order chi connectivity index (χ0) is 39.6. The van der Waals surface area contributed by atoms with Crippen LogP contribution in [0.5, 0.6) is 0 Å². The smallest absolute Gasteiger partial charge is 0.230 e. The third-order valence-electron chi connectivity index (χ3n) is 9.35. The number of piperazine rings is 1. The van der Waals surface area contributed by atoms with Crippen molar-refractivity contribution in [1.82, 2.24) is 40.1 Å². The first-order valence-electron chi connectivity index (χ1n) is 18.8. The van der Waals surface area contributed by atoms with Gasteiger partial charge in [0.05, 0.1) is 64.6 Å². The number of hydrogen-bond acceptors (Lipinski definition) is 14. The van der Waals surface area contributed by atoms with E-state index in [1.807, 2.05) is 38.1 Å². The Bertz CT molecular complexity index is 2160. The number of hydrogen-bond donors (Lipinski definition) is 3. The summed E-state index contributed by atoms with van der Waals surface area (Å²) in [5, 5.41) is 11.2. The van der Waals surface area contributed by atoms with Crippen LogP contribution in [0, 0.1) is 0 Å². The molecular weight excluding hydrogens is 759 g/mol. The van der Waals surface area contributed by atoms with Crippen molar-refractivity contribution in [2.75, 3.05) is 54.8 Å². The molecule has 16 heteroatoms. The summed E-state index contributed by atoms with van der Waals surface area (Å²) in [6, 6.07) is 11.4. The minimum Gasteiger partial charge on any atom is -0.371 e. The fourth-order valence-electron chi connectivity index (χ4n) is 6.51. The van der Waals surface area contributed by atoms with Gasteiger partial charge in [0.1, 0.15) is 11.6 Å². The van der Waals surface area contributed by atoms with Crippen molar-refractivity contribution in [3.63, 3.8) is 0 Å². The molecule has 0 spiro atoms. The Hall–Kier alpha value is -5.55. The maximum Gasteiger partial charge on any atom is 0.230 e. The second-order valence-electron chi connectivity index (χ2n) is 13.7. The molecule has 14 nitrogen and oxygen atoms in total. The molecule has 2 saturated heterocycles. The van der Waals surface area contributed by atoms with E-state index in [9.17, 15) is 9.59 Å². The first-order chi connectivity index (χ1) is 27.8. The molecule has 7 rings (SSSR count). The van der Waals surface area contributed by atoms with Crippen molar-refractivity contribution < 1.29 is 14.3 Å². The lowest BCUT2D eigenvalue weighted by molar-refractivity contribution is -0.116. The highest BCUT2D eigenvalue weighted by molar-refractivity contribution is 8.06. The lowest BCUT2D eigenvalue weighted by Crippen LogP contribution is -2.46. The number of thioether (sulfide) groups is 1. The molecule has 294 valence electrons. The highest BCUT2D eigenvalue weighted by Gasteiger charge is 2.27. The molecule has 2 amide bonds. The van der Waals surface area contributed by atoms with Gasteiger partial charge < -0.3 is 30.5 Å². The van der Waals surface area contributed by atoms with E-state index in [2.05, 4.69) is 68.3 Å². The molecule has 2 aliphatic heterocycles. The summed E-state index contributed by atoms with van der Waals surface area (Å²) >= 11 is 3.15. The number of carbonyl (C=O) groups is 2. The van der Waals surface area contributed by atoms with Crippen molar-refractivity contribution in [2.24, 2.45) is 0 Å². The number of nitrogens with zero attached hydrogens (tertiary/aromatic N) is 8. The predicted octanol–water partition coefficient (Wildman–Crippen LogP) is 5.81. The molecule has 2 unspecified atom stereocenters. The van der Waals surface area contributed by atoms with Crippen LogP contribution in [0.2, 0.25) is 0 Å². The zero-order valence-corrected chi connectivity index (χ0v) is 33.6. The van der Waals surface area contributed by atoms with Gasteiger partial charge in [0, 0.05) is 92.7 Å². The van der Waals surface area contributed by atoms with Crippen molar-refractivity contribution in [2.45, 2.75) is 45.3 Å². The number of allylic oxidation sites excluding steroid dienone is 1. The van der Waals surface area contributed by atoms with Crippen LogP contribution in [0.15, 0.2) is 102 Å². The van der Waals surface area contributed by atoms with Gasteiger partial charge in [0.25, 0.3) is 0 Å². The predicted molar refractivity (Wildman–Crippen MR) is 226 cm³/mol. The van der Waals surface area contributed by atoms with E-state index < -0.39 is 0 Å². The van der Waals surface area contributed by atoms with Gasteiger partial charge in [0.15, 0.2) is 0 Å². The van der Waals surface area contributed by atoms with Crippen LogP contribution in [-0.2, 0) is 27.2 Å². The summed E-state index contributed by atoms with van der Waals surface area (Å²) in [5.41, 5.74) is 3.83. The molecule has 0 bridgehead atoms. The number of anilines is 3. The molecule has 0 aliphatic carbocycles. The Morgan fingerprint density at radius 2 is 1.63 bits per heavy atom. The molecule has 2 fully saturated rings. The number of morpholine rings is 1. The van der Waals surface area contributed by atoms with Gasteiger partial charge in [-0.3, -0.25) is 29.5 Å². The normalized spacial score (nSPS) is 17.3. The highest BCUT2D eigenvalue weighted by atomic mass is 32.2. The molecule has 0 aromatic carbocycles. The SMILES string of the molecule is C=C(S/C(=C\C)CC(=O)Nc1ccc(-c2cnccn2)cn1)N1CC(C)OC(Cc2cnc(-c3ccc(NC(=O)Cc4ccc(N5CCNCC5)s4)nc3)cn2)C1. The lowest BCUT2D eigenvalue weighted by atomic mass is 10.1. The molecule has 2 aliphatic rings. The Morgan fingerprint density at radius 3 is 2.28 bits per heavy atom. The summed E-state index contributed by atoms with van der Waals surface area (Å²) in [4.78, 5) is 58.7. The van der Waals surface area contributed by atoms with E-state index in [1.165, 1.54) is 16.8 Å². The average Bonchev–Trinajstić information content (AvgIpc) is 3.70. The second-order valence-corrected chi connectivity index (χ2v) is 16.0. The molecule has 5 aromatic heterocycles. The van der Waals surface area contributed by atoms with Crippen molar-refractivity contribution in [1.29, 1.82) is 0 Å². The number of pyridine rings is 2. The van der Waals surface area contributed by atoms with Gasteiger partial charge in [-0.2, -0.15) is 0 Å². The molecule has 57 heavy (non-hydrogen) atoms. The van der Waals surface area contributed by atoms with Crippen LogP contribution in [-0.4, -0.2) is 98.1 Å². The van der Waals surface area contributed by atoms with Crippen molar-refractivity contribution in [3.8, 4) is 22.5 Å². The maximum atomic E-state index is 12.9. The van der Waals surface area contributed by atoms with Crippen LogP contribution in [0.1, 0.15) is 30.8 Å². The molecule has 5 aromatic rings. The third kappa shape index (κ3) is 11.1. The average molecular weight is 804 g/mol. The van der Waals surface area contributed by atoms with Gasteiger partial charge in [-0.1, -0.05) is 24.4 Å². The number of carbonyl (C=O) groups excluding carboxylic acids is 2. The topological polar surface area (TPSA) is 163 Å². The number of thiophene rings is 1. The van der Waals surface area contributed by atoms with Crippen LogP contribution < -0.4 is 20.9 Å². The molecule has 3 N–H and O–H groups in total. The zero-order valence-electron chi connectivity index (χ0n) is 31.9. The van der Waals surface area contributed by atoms with Crippen LogP contribution >= 0.6 is 23.1 Å². The molecular formula is C41H45N11O3S2. The fraction of sp³-hybridized carbons (Fsp3) is 0.317. The van der Waals surface area contributed by atoms with Gasteiger partial charge in [-0.25, -0.2) is 9.97 Å². The lowest BCUT2D eigenvalue weighted by Gasteiger charge is -2.38. The highest BCUT2D eigenvalue weighted by Crippen LogP contribution is 2.32. The van der Waals surface area contributed by atoms with Crippen LogP contribution in [0.3, 0.4) is 0 Å². The first-order valence-corrected chi connectivity index (χ1v) is 20.5. The van der Waals surface area contributed by atoms with Crippen molar-refractivity contribution >= 4 is 51.5 Å². The summed E-state index contributed by atoms with van der Waals surface area (Å²) in [6.45, 7) is 13.5. The summed E-state index contributed by atoms with van der Waals surface area (Å²) in [6.07, 6.45) is 14.7. The summed E-state index contributed by atoms with van der Waals surface area (Å²) in [7, 11) is 0. The van der Waals surface area contributed by atoms with Gasteiger partial charge in [0.2, 0.25) is 11.8 Å². The molecule has 0 saturated carbocycles. The van der Waals surface area contributed by atoms with Crippen LogP contribution in [0.25, 0.3) is 22.5 Å². The minimum absolute atomic E-state index is 0.0215. The fourth-order valence-corrected chi connectivity index (χ4v) is 8.47. The van der Waals surface area contributed by atoms with E-state index >= 15 is 0 Å². The van der Waals surface area contributed by atoms with E-state index in [0.717, 1.165) is 57.8 Å². The third-order valence-corrected chi connectivity index (χ3v) is 11.6. The van der Waals surface area contributed by atoms with Crippen molar-refractivity contribution in [3.05, 3.63) is 113 Å². The number of rotatable bonds is 14. The quantitative estimate of drug-likeness (QED) is 0.123. The molecule has 7 heterocycles. The van der Waals surface area contributed by atoms with E-state index in [-0.39, 0.29) is 30.4 Å². The van der Waals surface area contributed by atoms with Gasteiger partial charge in [-0.15, -0.1) is 11.3 Å². The Labute approximate surface area is 340 Å². The molecule has 0 radical (unpaired) electrons. The Morgan fingerprint density at radius 1 is 0.895 bits per heavy atom. The number of amides is 2. The number of nitrogens with one attached hydrogen (secondary N) is 3. The van der Waals surface area contributed by atoms with Crippen LogP contribution in [0.4, 0.5) is 16.6 Å². The number of aromatic nitrogens is 6. The van der Waals surface area contributed by atoms with E-state index in [0.29, 0.717) is 49.0 Å². The summed E-state index contributed by atoms with van der Waals surface area (Å²) in [5.74, 6) is 0.688. The van der Waals surface area contributed by atoms with E-state index in [1.54, 1.807) is 66.8 Å². The largest absolute Gasteiger partial charge is 0.371 e. The van der Waals surface area contributed by atoms with E-state index in [4.69, 9.17) is 4.74 Å². The first kappa shape index (κ1) is 39.7. The maximum absolute atomic E-state index is 12.9. The minimum atomic E-state index is -0.165. The monoisotopic (exact) mass is 803 g/mol. The summed E-state index contributed by atoms with van der Waals surface area (Å²) < 4.78 is 6.29. The Kier molecular flexibility index (Phi) is 13.3. The molecule has 2 atom stereocenters. The van der Waals surface area contributed by atoms with Gasteiger partial charge >= 0.3 is 0 Å².